The number of hydrogen-bond donors (Lipinski definition) is 1. The molecule has 0 saturated heterocycles. The number of ether oxygens (including phenoxy) is 3. The summed E-state index contributed by atoms with van der Waals surface area (Å²) >= 11 is 0. The highest BCUT2D eigenvalue weighted by Gasteiger charge is 2.26. The van der Waals surface area contributed by atoms with Gasteiger partial charge in [0.1, 0.15) is 11.5 Å². The van der Waals surface area contributed by atoms with Crippen molar-refractivity contribution in [3.05, 3.63) is 65.4 Å². The van der Waals surface area contributed by atoms with Crippen molar-refractivity contribution in [3.63, 3.8) is 0 Å². The monoisotopic (exact) mass is 352 g/mol. The first kappa shape index (κ1) is 17.2. The topological polar surface area (TPSA) is 100 Å². The molecule has 2 aromatic carbocycles. The van der Waals surface area contributed by atoms with Gasteiger partial charge in [-0.3, -0.25) is 4.79 Å². The number of cyclic esters (lactones) is 1. The summed E-state index contributed by atoms with van der Waals surface area (Å²) < 4.78 is 15.7. The molecule has 1 aliphatic rings. The number of methoxy groups -OCH3 is 1. The summed E-state index contributed by atoms with van der Waals surface area (Å²) in [4.78, 5) is 27.1. The fraction of sp³-hybridized carbons (Fsp3) is 0.105. The van der Waals surface area contributed by atoms with E-state index in [1.807, 2.05) is 6.07 Å². The highest BCUT2D eigenvalue weighted by Crippen LogP contribution is 2.25. The Balaban J connectivity index is 1.81. The number of rotatable bonds is 6. The van der Waals surface area contributed by atoms with Crippen LogP contribution in [-0.4, -0.2) is 31.5 Å². The molecule has 26 heavy (non-hydrogen) atoms. The Kier molecular flexibility index (Phi) is 4.98. The van der Waals surface area contributed by atoms with Gasteiger partial charge in [0.25, 0.3) is 5.91 Å². The first-order valence-electron chi connectivity index (χ1n) is 7.74. The molecule has 0 aliphatic carbocycles. The quantitative estimate of drug-likeness (QED) is 0.632. The highest BCUT2D eigenvalue weighted by molar-refractivity contribution is 6.13. The zero-order valence-corrected chi connectivity index (χ0v) is 14.0. The third kappa shape index (κ3) is 3.89. The molecule has 0 spiro atoms. The number of benzene rings is 2. The number of hydrogen-bond acceptors (Lipinski definition) is 6. The molecule has 1 aliphatic heterocycles. The zero-order chi connectivity index (χ0) is 18.5. The molecule has 2 aromatic rings. The summed E-state index contributed by atoms with van der Waals surface area (Å²) in [5, 5.41) is 0. The molecule has 7 heteroatoms. The molecule has 1 heterocycles. The highest BCUT2D eigenvalue weighted by atomic mass is 16.6. The number of primary amides is 1. The molecule has 0 unspecified atom stereocenters. The molecular weight excluding hydrogens is 336 g/mol. The smallest absolute Gasteiger partial charge is 0.363 e. The third-order valence-electron chi connectivity index (χ3n) is 3.52. The van der Waals surface area contributed by atoms with Crippen molar-refractivity contribution >= 4 is 23.9 Å². The summed E-state index contributed by atoms with van der Waals surface area (Å²) in [7, 11) is 1.54. The number of aliphatic imine (C=N–C) groups is 1. The van der Waals surface area contributed by atoms with E-state index in [2.05, 4.69) is 4.99 Å². The van der Waals surface area contributed by atoms with Crippen LogP contribution in [0.15, 0.2) is 59.2 Å². The minimum atomic E-state index is -0.553. The third-order valence-corrected chi connectivity index (χ3v) is 3.52. The fourth-order valence-corrected chi connectivity index (χ4v) is 2.32. The summed E-state index contributed by atoms with van der Waals surface area (Å²) in [5.41, 5.74) is 6.53. The molecule has 132 valence electrons. The minimum absolute atomic E-state index is 0.178. The van der Waals surface area contributed by atoms with Gasteiger partial charge in [0, 0.05) is 0 Å². The lowest BCUT2D eigenvalue weighted by molar-refractivity contribution is -0.130. The van der Waals surface area contributed by atoms with Crippen LogP contribution < -0.4 is 15.2 Å². The van der Waals surface area contributed by atoms with E-state index in [0.29, 0.717) is 17.1 Å². The van der Waals surface area contributed by atoms with Crippen LogP contribution in [0.5, 0.6) is 11.5 Å². The van der Waals surface area contributed by atoms with Gasteiger partial charge in [0.15, 0.2) is 12.3 Å². The van der Waals surface area contributed by atoms with Crippen molar-refractivity contribution in [1.29, 1.82) is 0 Å². The summed E-state index contributed by atoms with van der Waals surface area (Å²) in [6, 6.07) is 13.9. The molecule has 2 N–H and O–H groups in total. The average Bonchev–Trinajstić information content (AvgIpc) is 3.01. The van der Waals surface area contributed by atoms with Crippen LogP contribution in [0.3, 0.4) is 0 Å². The Morgan fingerprint density at radius 2 is 1.92 bits per heavy atom. The number of carbonyl (C=O) groups is 2. The molecule has 0 saturated carbocycles. The van der Waals surface area contributed by atoms with Gasteiger partial charge in [-0.2, -0.15) is 0 Å². The number of amides is 1. The summed E-state index contributed by atoms with van der Waals surface area (Å²) in [5.74, 6) is 0.164. The standard InChI is InChI=1S/C19H16N2O5/c1-24-16-5-3-2-4-14(16)18-21-15(19(23)26-18)10-12-6-8-13(9-7-12)25-11-17(20)22/h2-10H,11H2,1H3,(H2,20,22)/b15-10+. The second-order valence-electron chi connectivity index (χ2n) is 5.36. The Bertz CT molecular complexity index is 900. The minimum Gasteiger partial charge on any atom is -0.496 e. The first-order valence-corrected chi connectivity index (χ1v) is 7.74. The van der Waals surface area contributed by atoms with Crippen LogP contribution in [0.4, 0.5) is 0 Å². The number of nitrogens with two attached hydrogens (primary N) is 1. The predicted molar refractivity (Wildman–Crippen MR) is 94.7 cm³/mol. The van der Waals surface area contributed by atoms with Gasteiger partial charge in [-0.05, 0) is 35.9 Å². The Hall–Kier alpha value is -3.61. The van der Waals surface area contributed by atoms with Crippen LogP contribution in [0, 0.1) is 0 Å². The number of esters is 1. The number of para-hydroxylation sites is 1. The molecule has 1 amide bonds. The molecule has 7 nitrogen and oxygen atoms in total. The second kappa shape index (κ2) is 7.52. The van der Waals surface area contributed by atoms with Crippen molar-refractivity contribution in [2.24, 2.45) is 10.7 Å². The van der Waals surface area contributed by atoms with Crippen LogP contribution in [0.1, 0.15) is 11.1 Å². The SMILES string of the molecule is COc1ccccc1C1=N/C(=C/c2ccc(OCC(N)=O)cc2)C(=O)O1. The van der Waals surface area contributed by atoms with Crippen LogP contribution in [0.2, 0.25) is 0 Å². The molecule has 0 bridgehead atoms. The van der Waals surface area contributed by atoms with Gasteiger partial charge in [-0.15, -0.1) is 0 Å². The lowest BCUT2D eigenvalue weighted by Crippen LogP contribution is -2.19. The molecular formula is C19H16N2O5. The Labute approximate surface area is 149 Å². The molecule has 0 fully saturated rings. The number of nitrogens with zero attached hydrogens (tertiary/aromatic N) is 1. The van der Waals surface area contributed by atoms with E-state index in [1.54, 1.807) is 48.5 Å². The number of carbonyl (C=O) groups excluding carboxylic acids is 2. The van der Waals surface area contributed by atoms with Gasteiger partial charge in [-0.1, -0.05) is 24.3 Å². The lowest BCUT2D eigenvalue weighted by atomic mass is 10.2. The van der Waals surface area contributed by atoms with Crippen LogP contribution >= 0.6 is 0 Å². The van der Waals surface area contributed by atoms with Crippen molar-refractivity contribution in [2.45, 2.75) is 0 Å². The summed E-state index contributed by atoms with van der Waals surface area (Å²) in [6.45, 7) is -0.195. The maximum Gasteiger partial charge on any atom is 0.363 e. The van der Waals surface area contributed by atoms with E-state index in [1.165, 1.54) is 7.11 Å². The fourth-order valence-electron chi connectivity index (χ4n) is 2.32. The van der Waals surface area contributed by atoms with E-state index in [4.69, 9.17) is 19.9 Å². The van der Waals surface area contributed by atoms with E-state index in [0.717, 1.165) is 5.56 Å². The van der Waals surface area contributed by atoms with Crippen LogP contribution in [-0.2, 0) is 14.3 Å². The van der Waals surface area contributed by atoms with Gasteiger partial charge >= 0.3 is 5.97 Å². The summed E-state index contributed by atoms with van der Waals surface area (Å²) in [6.07, 6.45) is 1.60. The maximum absolute atomic E-state index is 12.1. The van der Waals surface area contributed by atoms with Gasteiger partial charge in [0.2, 0.25) is 5.90 Å². The molecule has 0 atom stereocenters. The van der Waals surface area contributed by atoms with E-state index < -0.39 is 11.9 Å². The Morgan fingerprint density at radius 1 is 1.19 bits per heavy atom. The van der Waals surface area contributed by atoms with Gasteiger partial charge in [0.05, 0.1) is 12.7 Å². The normalized spacial score (nSPS) is 14.7. The second-order valence-corrected chi connectivity index (χ2v) is 5.36. The van der Waals surface area contributed by atoms with E-state index in [9.17, 15) is 9.59 Å². The zero-order valence-electron chi connectivity index (χ0n) is 14.0. The first-order chi connectivity index (χ1) is 12.6. The molecule has 0 aromatic heterocycles. The largest absolute Gasteiger partial charge is 0.496 e. The van der Waals surface area contributed by atoms with Crippen LogP contribution in [0.25, 0.3) is 6.08 Å². The van der Waals surface area contributed by atoms with Gasteiger partial charge in [-0.25, -0.2) is 9.79 Å². The molecule has 3 rings (SSSR count). The van der Waals surface area contributed by atoms with Crippen molar-refractivity contribution in [2.75, 3.05) is 13.7 Å². The van der Waals surface area contributed by atoms with Crippen molar-refractivity contribution < 1.29 is 23.8 Å². The predicted octanol–water partition coefficient (Wildman–Crippen LogP) is 1.90. The Morgan fingerprint density at radius 3 is 2.62 bits per heavy atom. The van der Waals surface area contributed by atoms with Crippen molar-refractivity contribution in [3.8, 4) is 11.5 Å². The van der Waals surface area contributed by atoms with Gasteiger partial charge < -0.3 is 19.9 Å². The van der Waals surface area contributed by atoms with Crippen molar-refractivity contribution in [1.82, 2.24) is 0 Å². The average molecular weight is 352 g/mol. The lowest BCUT2D eigenvalue weighted by Gasteiger charge is -2.05. The van der Waals surface area contributed by atoms with E-state index in [-0.39, 0.29) is 18.2 Å². The molecule has 0 radical (unpaired) electrons. The van der Waals surface area contributed by atoms with E-state index >= 15 is 0 Å². The maximum atomic E-state index is 12.1.